The molecule has 1 heterocycles. The first kappa shape index (κ1) is 10.7. The van der Waals surface area contributed by atoms with Gasteiger partial charge in [0.15, 0.2) is 0 Å². The normalized spacial score (nSPS) is 10.1. The molecule has 5 heteroatoms. The van der Waals surface area contributed by atoms with E-state index in [1.54, 1.807) is 12.4 Å². The molecule has 0 saturated carbocycles. The molecule has 0 spiro atoms. The van der Waals surface area contributed by atoms with Gasteiger partial charge in [-0.15, -0.1) is 0 Å². The fourth-order valence-electron chi connectivity index (χ4n) is 1.02. The summed E-state index contributed by atoms with van der Waals surface area (Å²) in [5, 5.41) is 9.05. The van der Waals surface area contributed by atoms with Gasteiger partial charge in [-0.3, -0.25) is 9.89 Å². The summed E-state index contributed by atoms with van der Waals surface area (Å²) >= 11 is 0. The van der Waals surface area contributed by atoms with E-state index in [1.165, 1.54) is 0 Å². The zero-order chi connectivity index (χ0) is 10.2. The highest BCUT2D eigenvalue weighted by atomic mass is 16.5. The van der Waals surface area contributed by atoms with Crippen LogP contribution in [0.2, 0.25) is 0 Å². The monoisotopic (exact) mass is 197 g/mol. The maximum atomic E-state index is 11.3. The van der Waals surface area contributed by atoms with Crippen molar-refractivity contribution in [2.45, 2.75) is 19.8 Å². The number of carbonyl (C=O) groups excluding carboxylic acids is 1. The van der Waals surface area contributed by atoms with E-state index < -0.39 is 0 Å². The van der Waals surface area contributed by atoms with Gasteiger partial charge in [-0.2, -0.15) is 5.10 Å². The van der Waals surface area contributed by atoms with Crippen LogP contribution in [0.5, 0.6) is 0 Å². The molecular formula is C9H15N3O2. The largest absolute Gasteiger partial charge is 0.382 e. The van der Waals surface area contributed by atoms with Crippen molar-refractivity contribution in [1.82, 2.24) is 10.2 Å². The maximum absolute atomic E-state index is 11.3. The third-order valence-electron chi connectivity index (χ3n) is 1.68. The topological polar surface area (TPSA) is 67.0 Å². The summed E-state index contributed by atoms with van der Waals surface area (Å²) in [4.78, 5) is 11.3. The molecule has 0 unspecified atom stereocenters. The molecular weight excluding hydrogens is 182 g/mol. The van der Waals surface area contributed by atoms with Crippen LogP contribution in [0.4, 0.5) is 5.69 Å². The highest BCUT2D eigenvalue weighted by Gasteiger charge is 2.01. The van der Waals surface area contributed by atoms with Gasteiger partial charge >= 0.3 is 0 Å². The fourth-order valence-corrected chi connectivity index (χ4v) is 1.02. The molecule has 0 aliphatic heterocycles. The minimum atomic E-state index is -0.00824. The third kappa shape index (κ3) is 4.04. The van der Waals surface area contributed by atoms with E-state index in [1.807, 2.05) is 6.92 Å². The van der Waals surface area contributed by atoms with Gasteiger partial charge in [-0.05, 0) is 13.3 Å². The van der Waals surface area contributed by atoms with E-state index in [2.05, 4.69) is 15.5 Å². The Morgan fingerprint density at radius 2 is 2.57 bits per heavy atom. The van der Waals surface area contributed by atoms with Crippen LogP contribution in [-0.4, -0.2) is 29.3 Å². The van der Waals surface area contributed by atoms with Crippen molar-refractivity contribution in [3.05, 3.63) is 12.4 Å². The van der Waals surface area contributed by atoms with E-state index in [0.29, 0.717) is 25.3 Å². The lowest BCUT2D eigenvalue weighted by Gasteiger charge is -2.02. The number of carbonyl (C=O) groups is 1. The Balaban J connectivity index is 2.11. The minimum Gasteiger partial charge on any atom is -0.382 e. The number of amides is 1. The molecule has 1 rings (SSSR count). The van der Waals surface area contributed by atoms with E-state index >= 15 is 0 Å². The number of hydrogen-bond donors (Lipinski definition) is 2. The summed E-state index contributed by atoms with van der Waals surface area (Å²) in [6.45, 7) is 3.27. The van der Waals surface area contributed by atoms with Crippen LogP contribution < -0.4 is 5.32 Å². The number of aromatic nitrogens is 2. The summed E-state index contributed by atoms with van der Waals surface area (Å²) in [6, 6.07) is 0. The molecule has 1 amide bonds. The van der Waals surface area contributed by atoms with Gasteiger partial charge in [0, 0.05) is 25.8 Å². The van der Waals surface area contributed by atoms with Gasteiger partial charge in [0.25, 0.3) is 0 Å². The summed E-state index contributed by atoms with van der Waals surface area (Å²) < 4.78 is 5.12. The highest BCUT2D eigenvalue weighted by Crippen LogP contribution is 2.02. The Morgan fingerprint density at radius 3 is 3.21 bits per heavy atom. The lowest BCUT2D eigenvalue weighted by Crippen LogP contribution is -2.11. The molecule has 2 N–H and O–H groups in total. The van der Waals surface area contributed by atoms with Crippen LogP contribution in [0.25, 0.3) is 0 Å². The van der Waals surface area contributed by atoms with Crippen molar-refractivity contribution < 1.29 is 9.53 Å². The predicted molar refractivity (Wildman–Crippen MR) is 52.9 cm³/mol. The molecule has 0 radical (unpaired) electrons. The van der Waals surface area contributed by atoms with Gasteiger partial charge in [0.2, 0.25) is 5.91 Å². The van der Waals surface area contributed by atoms with Crippen molar-refractivity contribution in [3.63, 3.8) is 0 Å². The van der Waals surface area contributed by atoms with E-state index in [9.17, 15) is 4.79 Å². The number of H-pyrrole nitrogens is 1. The summed E-state index contributed by atoms with van der Waals surface area (Å²) in [5.41, 5.74) is 0.700. The molecule has 14 heavy (non-hydrogen) atoms. The quantitative estimate of drug-likeness (QED) is 0.672. The van der Waals surface area contributed by atoms with Gasteiger partial charge in [-0.25, -0.2) is 0 Å². The maximum Gasteiger partial charge on any atom is 0.224 e. The van der Waals surface area contributed by atoms with Gasteiger partial charge < -0.3 is 10.1 Å². The number of aromatic amines is 1. The van der Waals surface area contributed by atoms with Crippen LogP contribution in [-0.2, 0) is 9.53 Å². The fraction of sp³-hybridized carbons (Fsp3) is 0.556. The minimum absolute atomic E-state index is 0.00824. The smallest absolute Gasteiger partial charge is 0.224 e. The molecule has 0 aliphatic carbocycles. The molecule has 78 valence electrons. The number of ether oxygens (including phenoxy) is 1. The van der Waals surface area contributed by atoms with Crippen molar-refractivity contribution in [3.8, 4) is 0 Å². The van der Waals surface area contributed by atoms with E-state index in [0.717, 1.165) is 6.42 Å². The van der Waals surface area contributed by atoms with Crippen molar-refractivity contribution in [2.75, 3.05) is 18.5 Å². The molecule has 0 fully saturated rings. The van der Waals surface area contributed by atoms with E-state index in [-0.39, 0.29) is 5.91 Å². The molecule has 1 aromatic rings. The van der Waals surface area contributed by atoms with Crippen molar-refractivity contribution in [2.24, 2.45) is 0 Å². The van der Waals surface area contributed by atoms with E-state index in [4.69, 9.17) is 4.74 Å². The van der Waals surface area contributed by atoms with Crippen molar-refractivity contribution >= 4 is 11.6 Å². The molecule has 0 aromatic carbocycles. The Hall–Kier alpha value is -1.36. The lowest BCUT2D eigenvalue weighted by molar-refractivity contribution is -0.116. The van der Waals surface area contributed by atoms with Crippen LogP contribution in [0.15, 0.2) is 12.4 Å². The Labute approximate surface area is 82.8 Å². The molecule has 0 saturated heterocycles. The Kier molecular flexibility index (Phi) is 4.71. The number of nitrogens with zero attached hydrogens (tertiary/aromatic N) is 1. The van der Waals surface area contributed by atoms with Gasteiger partial charge in [-0.1, -0.05) is 0 Å². The molecule has 0 bridgehead atoms. The standard InChI is InChI=1S/C9H15N3O2/c1-2-14-5-3-4-9(13)12-8-6-10-11-7-8/h6-7H,2-5H2,1H3,(H,10,11)(H,12,13). The average Bonchev–Trinajstić information content (AvgIpc) is 2.65. The molecule has 1 aromatic heterocycles. The molecule has 5 nitrogen and oxygen atoms in total. The summed E-state index contributed by atoms with van der Waals surface area (Å²) in [5.74, 6) is -0.00824. The number of anilines is 1. The second-order valence-electron chi connectivity index (χ2n) is 2.84. The highest BCUT2D eigenvalue weighted by molar-refractivity contribution is 5.90. The molecule has 0 aliphatic rings. The van der Waals surface area contributed by atoms with Crippen LogP contribution in [0.3, 0.4) is 0 Å². The number of nitrogens with one attached hydrogen (secondary N) is 2. The summed E-state index contributed by atoms with van der Waals surface area (Å²) in [7, 11) is 0. The zero-order valence-electron chi connectivity index (χ0n) is 8.25. The van der Waals surface area contributed by atoms with Crippen molar-refractivity contribution in [1.29, 1.82) is 0 Å². The second kappa shape index (κ2) is 6.15. The predicted octanol–water partition coefficient (Wildman–Crippen LogP) is 1.16. The number of rotatable bonds is 6. The average molecular weight is 197 g/mol. The first-order valence-corrected chi connectivity index (χ1v) is 4.69. The number of hydrogen-bond acceptors (Lipinski definition) is 3. The first-order valence-electron chi connectivity index (χ1n) is 4.69. The first-order chi connectivity index (χ1) is 6.83. The van der Waals surface area contributed by atoms with Crippen LogP contribution in [0.1, 0.15) is 19.8 Å². The van der Waals surface area contributed by atoms with Gasteiger partial charge in [0.1, 0.15) is 0 Å². The Morgan fingerprint density at radius 1 is 1.71 bits per heavy atom. The third-order valence-corrected chi connectivity index (χ3v) is 1.68. The summed E-state index contributed by atoms with van der Waals surface area (Å²) in [6.07, 6.45) is 4.43. The lowest BCUT2D eigenvalue weighted by atomic mass is 10.3. The zero-order valence-corrected chi connectivity index (χ0v) is 8.25. The van der Waals surface area contributed by atoms with Crippen LogP contribution in [0, 0.1) is 0 Å². The second-order valence-corrected chi connectivity index (χ2v) is 2.84. The SMILES string of the molecule is CCOCCCC(=O)Nc1cn[nH]c1. The van der Waals surface area contributed by atoms with Crippen LogP contribution >= 0.6 is 0 Å². The Bertz CT molecular complexity index is 259. The molecule has 0 atom stereocenters. The van der Waals surface area contributed by atoms with Gasteiger partial charge in [0.05, 0.1) is 11.9 Å².